The fourth-order valence-corrected chi connectivity index (χ4v) is 3.70. The van der Waals surface area contributed by atoms with Crippen molar-refractivity contribution in [2.75, 3.05) is 19.6 Å². The van der Waals surface area contributed by atoms with E-state index in [1.807, 2.05) is 30.0 Å². The van der Waals surface area contributed by atoms with Crippen molar-refractivity contribution in [2.24, 2.45) is 5.92 Å². The number of halogens is 1. The predicted octanol–water partition coefficient (Wildman–Crippen LogP) is 3.42. The van der Waals surface area contributed by atoms with E-state index in [0.29, 0.717) is 18.2 Å². The Labute approximate surface area is 160 Å². The highest BCUT2D eigenvalue weighted by Crippen LogP contribution is 2.21. The smallest absolute Gasteiger partial charge is 0.230 e. The van der Waals surface area contributed by atoms with E-state index < -0.39 is 0 Å². The number of aromatic nitrogens is 1. The molecule has 1 aliphatic heterocycles. The second-order valence-electron chi connectivity index (χ2n) is 7.71. The van der Waals surface area contributed by atoms with Crippen LogP contribution in [0.25, 0.3) is 0 Å². The number of hydrogen-bond acceptors (Lipinski definition) is 4. The summed E-state index contributed by atoms with van der Waals surface area (Å²) in [6.45, 7) is 9.37. The third-order valence-corrected chi connectivity index (χ3v) is 5.17. The molecule has 0 bridgehead atoms. The van der Waals surface area contributed by atoms with Gasteiger partial charge in [0.1, 0.15) is 11.6 Å². The molecule has 2 aromatic rings. The fourth-order valence-electron chi connectivity index (χ4n) is 3.70. The molecule has 2 heterocycles. The number of hydrogen-bond donors (Lipinski definition) is 0. The first-order chi connectivity index (χ1) is 12.9. The van der Waals surface area contributed by atoms with Gasteiger partial charge in [-0.1, -0.05) is 31.1 Å². The van der Waals surface area contributed by atoms with E-state index in [4.69, 9.17) is 4.52 Å². The predicted molar refractivity (Wildman–Crippen MR) is 102 cm³/mol. The molecule has 1 aromatic heterocycles. The lowest BCUT2D eigenvalue weighted by Gasteiger charge is -2.34. The van der Waals surface area contributed by atoms with E-state index >= 15 is 0 Å². The van der Waals surface area contributed by atoms with E-state index in [1.165, 1.54) is 12.1 Å². The Hall–Kier alpha value is -2.21. The Balaban J connectivity index is 1.68. The number of rotatable bonds is 5. The molecule has 1 atom stereocenters. The summed E-state index contributed by atoms with van der Waals surface area (Å²) in [5.41, 5.74) is 1.89. The van der Waals surface area contributed by atoms with E-state index in [2.05, 4.69) is 23.9 Å². The zero-order valence-corrected chi connectivity index (χ0v) is 16.3. The lowest BCUT2D eigenvalue weighted by Crippen LogP contribution is -2.45. The van der Waals surface area contributed by atoms with Crippen molar-refractivity contribution in [3.63, 3.8) is 0 Å². The maximum Gasteiger partial charge on any atom is 0.230 e. The maximum absolute atomic E-state index is 13.2. The molecule has 6 heteroatoms. The molecule has 0 N–H and O–H groups in total. The lowest BCUT2D eigenvalue weighted by atomic mass is 10.0. The number of benzene rings is 1. The minimum atomic E-state index is -0.213. The average molecular weight is 373 g/mol. The summed E-state index contributed by atoms with van der Waals surface area (Å²) in [6.07, 6.45) is 1.18. The molecule has 0 unspecified atom stereocenters. The molecule has 0 radical (unpaired) electrons. The van der Waals surface area contributed by atoms with Gasteiger partial charge in [-0.3, -0.25) is 9.69 Å². The van der Waals surface area contributed by atoms with Crippen LogP contribution in [-0.4, -0.2) is 46.5 Å². The number of carbonyl (C=O) groups is 1. The van der Waals surface area contributed by atoms with E-state index in [9.17, 15) is 9.18 Å². The van der Waals surface area contributed by atoms with Crippen LogP contribution < -0.4 is 0 Å². The molecule has 1 saturated heterocycles. The molecular weight excluding hydrogens is 345 g/mol. The van der Waals surface area contributed by atoms with Crippen molar-refractivity contribution < 1.29 is 13.7 Å². The molecule has 27 heavy (non-hydrogen) atoms. The van der Waals surface area contributed by atoms with Gasteiger partial charge in [0.05, 0.1) is 12.1 Å². The van der Waals surface area contributed by atoms with Gasteiger partial charge in [-0.2, -0.15) is 0 Å². The molecule has 0 aliphatic carbocycles. The molecule has 1 fully saturated rings. The first-order valence-electron chi connectivity index (χ1n) is 9.61. The summed E-state index contributed by atoms with van der Waals surface area (Å²) >= 11 is 0. The van der Waals surface area contributed by atoms with Crippen LogP contribution in [0.1, 0.15) is 37.3 Å². The van der Waals surface area contributed by atoms with Crippen molar-refractivity contribution in [1.29, 1.82) is 0 Å². The third-order valence-electron chi connectivity index (χ3n) is 5.17. The van der Waals surface area contributed by atoms with Gasteiger partial charge in [-0.25, -0.2) is 4.39 Å². The second-order valence-corrected chi connectivity index (χ2v) is 7.71. The van der Waals surface area contributed by atoms with Crippen LogP contribution in [0.3, 0.4) is 0 Å². The molecule has 5 nitrogen and oxygen atoms in total. The van der Waals surface area contributed by atoms with Gasteiger partial charge in [0, 0.05) is 38.3 Å². The van der Waals surface area contributed by atoms with Crippen LogP contribution in [0.2, 0.25) is 0 Å². The van der Waals surface area contributed by atoms with Crippen molar-refractivity contribution in [3.05, 3.63) is 53.2 Å². The Morgan fingerprint density at radius 2 is 2.04 bits per heavy atom. The summed E-state index contributed by atoms with van der Waals surface area (Å²) in [6, 6.07) is 8.77. The summed E-state index contributed by atoms with van der Waals surface area (Å²) in [4.78, 5) is 17.2. The first-order valence-corrected chi connectivity index (χ1v) is 9.61. The number of aryl methyl sites for hydroxylation is 1. The Bertz CT molecular complexity index is 757. The minimum Gasteiger partial charge on any atom is -0.361 e. The van der Waals surface area contributed by atoms with E-state index in [-0.39, 0.29) is 24.2 Å². The van der Waals surface area contributed by atoms with Gasteiger partial charge in [-0.15, -0.1) is 0 Å². The van der Waals surface area contributed by atoms with Crippen molar-refractivity contribution >= 4 is 5.91 Å². The Kier molecular flexibility index (Phi) is 6.26. The van der Waals surface area contributed by atoms with Crippen molar-refractivity contribution in [2.45, 2.75) is 46.2 Å². The third kappa shape index (κ3) is 5.16. The van der Waals surface area contributed by atoms with Gasteiger partial charge in [-0.05, 0) is 37.0 Å². The van der Waals surface area contributed by atoms with Gasteiger partial charge < -0.3 is 9.42 Å². The molecule has 1 aliphatic rings. The number of amides is 1. The fraction of sp³-hybridized carbons (Fsp3) is 0.524. The van der Waals surface area contributed by atoms with Gasteiger partial charge in [0.2, 0.25) is 5.91 Å². The SMILES string of the molecule is Cc1cc(CC(=O)N2CCCN(Cc3ccc(F)cc3)[C@@H](C(C)C)C2)on1. The minimum absolute atomic E-state index is 0.0837. The van der Waals surface area contributed by atoms with Crippen LogP contribution in [0.4, 0.5) is 4.39 Å². The molecular formula is C21H28FN3O2. The summed E-state index contributed by atoms with van der Waals surface area (Å²) in [5.74, 6) is 0.896. The lowest BCUT2D eigenvalue weighted by molar-refractivity contribution is -0.131. The molecule has 0 saturated carbocycles. The van der Waals surface area contributed by atoms with Crippen molar-refractivity contribution in [3.8, 4) is 0 Å². The molecule has 146 valence electrons. The normalized spacial score (nSPS) is 18.7. The average Bonchev–Trinajstić information content (AvgIpc) is 2.90. The monoisotopic (exact) mass is 373 g/mol. The highest BCUT2D eigenvalue weighted by molar-refractivity contribution is 5.78. The quantitative estimate of drug-likeness (QED) is 0.806. The zero-order chi connectivity index (χ0) is 19.4. The van der Waals surface area contributed by atoms with Crippen LogP contribution in [0, 0.1) is 18.7 Å². The largest absolute Gasteiger partial charge is 0.361 e. The number of carbonyl (C=O) groups excluding carboxylic acids is 1. The molecule has 1 amide bonds. The van der Waals surface area contributed by atoms with Crippen LogP contribution in [0.15, 0.2) is 34.9 Å². The molecule has 3 rings (SSSR count). The van der Waals surface area contributed by atoms with Crippen LogP contribution >= 0.6 is 0 Å². The summed E-state index contributed by atoms with van der Waals surface area (Å²) in [7, 11) is 0. The molecule has 0 spiro atoms. The number of nitrogens with zero attached hydrogens (tertiary/aromatic N) is 3. The standard InChI is InChI=1S/C21H28FN3O2/c1-15(2)20-14-25(21(26)12-19-11-16(3)23-27-19)10-4-9-24(20)13-17-5-7-18(22)8-6-17/h5-8,11,15,20H,4,9-10,12-14H2,1-3H3/t20-/m1/s1. The van der Waals surface area contributed by atoms with E-state index in [0.717, 1.165) is 37.3 Å². The van der Waals surface area contributed by atoms with Crippen molar-refractivity contribution in [1.82, 2.24) is 15.0 Å². The summed E-state index contributed by atoms with van der Waals surface area (Å²) in [5, 5.41) is 3.86. The van der Waals surface area contributed by atoms with Crippen LogP contribution in [-0.2, 0) is 17.8 Å². The topological polar surface area (TPSA) is 49.6 Å². The second kappa shape index (κ2) is 8.65. The summed E-state index contributed by atoms with van der Waals surface area (Å²) < 4.78 is 18.4. The van der Waals surface area contributed by atoms with Gasteiger partial charge in [0.25, 0.3) is 0 Å². The van der Waals surface area contributed by atoms with Gasteiger partial charge >= 0.3 is 0 Å². The van der Waals surface area contributed by atoms with E-state index in [1.54, 1.807) is 0 Å². The van der Waals surface area contributed by atoms with Crippen LogP contribution in [0.5, 0.6) is 0 Å². The van der Waals surface area contributed by atoms with Gasteiger partial charge in [0.15, 0.2) is 0 Å². The zero-order valence-electron chi connectivity index (χ0n) is 16.3. The highest BCUT2D eigenvalue weighted by atomic mass is 19.1. The Morgan fingerprint density at radius 3 is 2.67 bits per heavy atom. The Morgan fingerprint density at radius 1 is 1.30 bits per heavy atom. The maximum atomic E-state index is 13.2. The highest BCUT2D eigenvalue weighted by Gasteiger charge is 2.29. The molecule has 1 aromatic carbocycles. The first kappa shape index (κ1) is 19.5.